The number of rotatable bonds is 4. The van der Waals surface area contributed by atoms with Gasteiger partial charge in [0.2, 0.25) is 0 Å². The minimum Gasteiger partial charge on any atom is -0.412 e. The van der Waals surface area contributed by atoms with Gasteiger partial charge in [0, 0.05) is 24.9 Å². The van der Waals surface area contributed by atoms with Crippen LogP contribution in [0.2, 0.25) is 0 Å². The molecule has 11 nitrogen and oxygen atoms in total. The average molecular weight is 519 g/mol. The average Bonchev–Trinajstić information content (AvgIpc) is 3.66. The fourth-order valence-corrected chi connectivity index (χ4v) is 4.27. The molecule has 0 saturated carbocycles. The molecular weight excluding hydrogens is 505 g/mol. The Morgan fingerprint density at radius 3 is 2.81 bits per heavy atom. The normalized spacial score (nSPS) is 16.1. The molecule has 0 aliphatic carbocycles. The molecule has 1 atom stereocenters. The number of amides is 1. The van der Waals surface area contributed by atoms with Crippen molar-refractivity contribution >= 4 is 11.4 Å². The fourth-order valence-electron chi connectivity index (χ4n) is 4.27. The molecule has 0 fully saturated rings. The molecule has 5 aromatic rings. The van der Waals surface area contributed by atoms with E-state index in [1.165, 1.54) is 23.4 Å². The summed E-state index contributed by atoms with van der Waals surface area (Å²) in [6.45, 7) is 0.165. The Hall–Kier alpha value is -4.63. The van der Waals surface area contributed by atoms with Crippen molar-refractivity contribution in [2.45, 2.75) is 25.2 Å². The van der Waals surface area contributed by atoms with E-state index in [1.807, 2.05) is 0 Å². The first-order chi connectivity index (χ1) is 17.7. The van der Waals surface area contributed by atoms with E-state index in [9.17, 15) is 26.7 Å². The van der Waals surface area contributed by atoms with Crippen LogP contribution in [0, 0.1) is 0 Å². The van der Waals surface area contributed by atoms with Gasteiger partial charge in [-0.25, -0.2) is 18.3 Å². The van der Waals surface area contributed by atoms with E-state index in [4.69, 9.17) is 4.42 Å². The number of carbonyl (C=O) groups excluding carboxylic acids is 1. The lowest BCUT2D eigenvalue weighted by Gasteiger charge is -2.32. The number of pyridine rings is 1. The number of halogens is 5. The summed E-state index contributed by atoms with van der Waals surface area (Å²) in [6.07, 6.45) is -4.13. The van der Waals surface area contributed by atoms with Crippen LogP contribution in [-0.2, 0) is 12.7 Å². The Labute approximate surface area is 202 Å². The molecule has 16 heteroatoms. The van der Waals surface area contributed by atoms with Crippen LogP contribution in [-0.4, -0.2) is 56.9 Å². The molecule has 0 bridgehead atoms. The third-order valence-electron chi connectivity index (χ3n) is 5.92. The van der Waals surface area contributed by atoms with Crippen LogP contribution in [0.4, 0.5) is 22.0 Å². The Balaban J connectivity index is 1.37. The lowest BCUT2D eigenvalue weighted by molar-refractivity contribution is -0.212. The van der Waals surface area contributed by atoms with Gasteiger partial charge < -0.3 is 14.3 Å². The number of alkyl halides is 5. The Bertz CT molecular complexity index is 1620. The van der Waals surface area contributed by atoms with E-state index in [0.717, 1.165) is 16.4 Å². The van der Waals surface area contributed by atoms with Crippen molar-refractivity contribution in [1.29, 1.82) is 0 Å². The Kier molecular flexibility index (Phi) is 5.06. The fraction of sp³-hybridized carbons (Fsp3) is 0.238. The van der Waals surface area contributed by atoms with Gasteiger partial charge >= 0.3 is 18.1 Å². The van der Waals surface area contributed by atoms with Crippen LogP contribution in [0.25, 0.3) is 17.0 Å². The maximum absolute atomic E-state index is 13.5. The highest BCUT2D eigenvalue weighted by Crippen LogP contribution is 2.35. The molecule has 1 amide bonds. The number of hydrogen-bond donors (Lipinski definition) is 1. The Morgan fingerprint density at radius 1 is 1.22 bits per heavy atom. The van der Waals surface area contributed by atoms with Crippen molar-refractivity contribution in [2.24, 2.45) is 0 Å². The highest BCUT2D eigenvalue weighted by Gasteiger charge is 2.38. The second-order valence-electron chi connectivity index (χ2n) is 8.13. The van der Waals surface area contributed by atoms with E-state index < -0.39 is 30.6 Å². The van der Waals surface area contributed by atoms with Gasteiger partial charge in [-0.1, -0.05) is 6.07 Å². The van der Waals surface area contributed by atoms with E-state index in [2.05, 4.69) is 30.4 Å². The summed E-state index contributed by atoms with van der Waals surface area (Å²) < 4.78 is 71.9. The molecule has 6 heterocycles. The molecule has 5 aromatic heterocycles. The number of carbonyl (C=O) groups is 1. The number of nitrogens with one attached hydrogen (secondary N) is 1. The van der Waals surface area contributed by atoms with Crippen molar-refractivity contribution < 1.29 is 31.2 Å². The molecule has 6 rings (SSSR count). The predicted molar refractivity (Wildman–Crippen MR) is 112 cm³/mol. The summed E-state index contributed by atoms with van der Waals surface area (Å²) in [5.41, 5.74) is 1.43. The summed E-state index contributed by atoms with van der Waals surface area (Å²) in [5.74, 6) is -1.54. The maximum Gasteiger partial charge on any atom is 0.504 e. The van der Waals surface area contributed by atoms with Crippen LogP contribution in [0.1, 0.15) is 45.9 Å². The molecule has 1 aliphatic rings. The van der Waals surface area contributed by atoms with Gasteiger partial charge in [0.1, 0.15) is 11.7 Å². The lowest BCUT2D eigenvalue weighted by Crippen LogP contribution is -2.41. The largest absolute Gasteiger partial charge is 0.504 e. The molecule has 0 radical (unpaired) electrons. The monoisotopic (exact) mass is 519 g/mol. The van der Waals surface area contributed by atoms with E-state index in [1.54, 1.807) is 12.1 Å². The zero-order valence-corrected chi connectivity index (χ0v) is 18.4. The second-order valence-corrected chi connectivity index (χ2v) is 8.13. The maximum atomic E-state index is 13.5. The van der Waals surface area contributed by atoms with Gasteiger partial charge in [-0.05, 0) is 18.2 Å². The van der Waals surface area contributed by atoms with Crippen LogP contribution in [0.3, 0.4) is 0 Å². The van der Waals surface area contributed by atoms with Gasteiger partial charge in [0.15, 0.2) is 0 Å². The van der Waals surface area contributed by atoms with Crippen molar-refractivity contribution in [1.82, 2.24) is 44.5 Å². The predicted octanol–water partition coefficient (Wildman–Crippen LogP) is 3.51. The SMILES string of the molecule is O=C(c1nnc(-c2cnn(C(F)(F)F)c2)o1)N1CCc2[nH]cnc2C1c1cc2cccc(C(F)F)n2n1. The second kappa shape index (κ2) is 8.21. The molecule has 0 spiro atoms. The molecular formula is C21H14F5N9O2. The number of nitrogens with zero attached hydrogens (tertiary/aromatic N) is 8. The standard InChI is InChI=1S/C21H14F5N9O2/c22-17(23)14-3-1-2-11-6-13(32-35(11)14)16-15-12(27-9-28-15)4-5-33(16)20(36)19-31-30-18(37-19)10-7-29-34(8-10)21(24,25)26/h1-3,6-9,16-17H,4-5H2,(H,27,28). The van der Waals surface area contributed by atoms with E-state index >= 15 is 0 Å². The Morgan fingerprint density at radius 2 is 2.05 bits per heavy atom. The minimum atomic E-state index is -4.74. The molecule has 1 aliphatic heterocycles. The van der Waals surface area contributed by atoms with Crippen LogP contribution in [0.5, 0.6) is 0 Å². The molecule has 190 valence electrons. The first-order valence-electron chi connectivity index (χ1n) is 10.8. The highest BCUT2D eigenvalue weighted by atomic mass is 19.4. The van der Waals surface area contributed by atoms with E-state index in [0.29, 0.717) is 23.8 Å². The van der Waals surface area contributed by atoms with E-state index in [-0.39, 0.29) is 34.1 Å². The quantitative estimate of drug-likeness (QED) is 0.361. The first-order valence-corrected chi connectivity index (χ1v) is 10.8. The van der Waals surface area contributed by atoms with Gasteiger partial charge in [0.25, 0.3) is 12.3 Å². The van der Waals surface area contributed by atoms with Crippen molar-refractivity contribution in [3.63, 3.8) is 0 Å². The molecule has 0 saturated heterocycles. The number of aromatic nitrogens is 8. The van der Waals surface area contributed by atoms with Crippen LogP contribution in [0.15, 0.2) is 47.4 Å². The van der Waals surface area contributed by atoms with Crippen LogP contribution >= 0.6 is 0 Å². The molecule has 1 N–H and O–H groups in total. The summed E-state index contributed by atoms with van der Waals surface area (Å²) in [4.78, 5) is 22.1. The summed E-state index contributed by atoms with van der Waals surface area (Å²) in [7, 11) is 0. The first kappa shape index (κ1) is 22.8. The molecule has 37 heavy (non-hydrogen) atoms. The molecule has 0 aromatic carbocycles. The smallest absolute Gasteiger partial charge is 0.412 e. The van der Waals surface area contributed by atoms with Gasteiger partial charge in [-0.2, -0.15) is 14.9 Å². The molecule has 1 unspecified atom stereocenters. The van der Waals surface area contributed by atoms with Gasteiger partial charge in [-0.15, -0.1) is 23.4 Å². The van der Waals surface area contributed by atoms with Gasteiger partial charge in [0.05, 0.1) is 35.0 Å². The van der Waals surface area contributed by atoms with Crippen LogP contribution < -0.4 is 0 Å². The number of imidazole rings is 1. The van der Waals surface area contributed by atoms with Crippen molar-refractivity contribution in [3.8, 4) is 11.5 Å². The summed E-state index contributed by atoms with van der Waals surface area (Å²) in [5, 5.41) is 15.0. The third-order valence-corrected chi connectivity index (χ3v) is 5.92. The number of aromatic amines is 1. The zero-order valence-electron chi connectivity index (χ0n) is 18.4. The summed E-state index contributed by atoms with van der Waals surface area (Å²) in [6, 6.07) is 5.03. The van der Waals surface area contributed by atoms with Crippen molar-refractivity contribution in [3.05, 3.63) is 71.7 Å². The number of H-pyrrole nitrogens is 1. The van der Waals surface area contributed by atoms with Crippen molar-refractivity contribution in [2.75, 3.05) is 6.54 Å². The minimum absolute atomic E-state index is 0.131. The zero-order chi connectivity index (χ0) is 25.9. The number of fused-ring (bicyclic) bond motifs is 2. The summed E-state index contributed by atoms with van der Waals surface area (Å²) >= 11 is 0. The van der Waals surface area contributed by atoms with Gasteiger partial charge in [-0.3, -0.25) is 4.79 Å². The topological polar surface area (TPSA) is 123 Å². The highest BCUT2D eigenvalue weighted by molar-refractivity contribution is 5.90. The lowest BCUT2D eigenvalue weighted by atomic mass is 9.99. The third kappa shape index (κ3) is 3.80. The number of hydrogen-bond acceptors (Lipinski definition) is 7.